The summed E-state index contributed by atoms with van der Waals surface area (Å²) in [6, 6.07) is 30.8. The van der Waals surface area contributed by atoms with Crippen LogP contribution in [0.25, 0.3) is 22.3 Å². The van der Waals surface area contributed by atoms with E-state index < -0.39 is 11.2 Å². The first-order chi connectivity index (χ1) is 20.8. The molecule has 0 saturated carbocycles. The van der Waals surface area contributed by atoms with E-state index in [4.69, 9.17) is 4.74 Å². The Morgan fingerprint density at radius 2 is 1.44 bits per heavy atom. The standard InChI is InChI=1S/C34H30N2O6S/c1-36(33(39)27-12-10-24(11-13-27)25-14-16-29(17-15-25)42-21-31(37)41-2)20-23-4-3-5-28(18-23)26-8-6-22(7-9-26)19-30-32(38)35-34(40)43-30/h3-18,30H,19-21H2,1-2H3,(H,35,38,40). The number of thioether (sulfide) groups is 1. The molecule has 4 aromatic carbocycles. The number of imide groups is 1. The van der Waals surface area contributed by atoms with Gasteiger partial charge in [0.15, 0.2) is 6.61 Å². The number of carbonyl (C=O) groups is 4. The van der Waals surface area contributed by atoms with Crippen LogP contribution in [-0.4, -0.2) is 53.9 Å². The fourth-order valence-electron chi connectivity index (χ4n) is 4.74. The first-order valence-electron chi connectivity index (χ1n) is 13.6. The van der Waals surface area contributed by atoms with Crippen LogP contribution in [0.3, 0.4) is 0 Å². The zero-order valence-corrected chi connectivity index (χ0v) is 24.6. The van der Waals surface area contributed by atoms with E-state index in [-0.39, 0.29) is 23.7 Å². The van der Waals surface area contributed by atoms with Gasteiger partial charge in [-0.05, 0) is 70.1 Å². The van der Waals surface area contributed by atoms with E-state index >= 15 is 0 Å². The summed E-state index contributed by atoms with van der Waals surface area (Å²) in [4.78, 5) is 49.4. The van der Waals surface area contributed by atoms with Crippen LogP contribution in [0, 0.1) is 0 Å². The average molecular weight is 595 g/mol. The molecule has 9 heteroatoms. The van der Waals surface area contributed by atoms with Crippen molar-refractivity contribution in [2.75, 3.05) is 20.8 Å². The summed E-state index contributed by atoms with van der Waals surface area (Å²) < 4.78 is 9.98. The van der Waals surface area contributed by atoms with Gasteiger partial charge in [-0.2, -0.15) is 0 Å². The van der Waals surface area contributed by atoms with Gasteiger partial charge in [0.05, 0.1) is 12.4 Å². The van der Waals surface area contributed by atoms with Gasteiger partial charge in [-0.15, -0.1) is 0 Å². The lowest BCUT2D eigenvalue weighted by Crippen LogP contribution is -2.26. The first kappa shape index (κ1) is 29.6. The second kappa shape index (κ2) is 13.4. The second-order valence-electron chi connectivity index (χ2n) is 10.1. The van der Waals surface area contributed by atoms with Crippen LogP contribution in [0.2, 0.25) is 0 Å². The van der Waals surface area contributed by atoms with E-state index in [1.807, 2.05) is 78.9 Å². The van der Waals surface area contributed by atoms with Crippen molar-refractivity contribution in [1.29, 1.82) is 0 Å². The molecule has 4 aromatic rings. The number of nitrogens with zero attached hydrogens (tertiary/aromatic N) is 1. The van der Waals surface area contributed by atoms with Gasteiger partial charge in [0, 0.05) is 19.2 Å². The van der Waals surface area contributed by atoms with Crippen LogP contribution >= 0.6 is 11.8 Å². The van der Waals surface area contributed by atoms with Crippen molar-refractivity contribution in [3.63, 3.8) is 0 Å². The summed E-state index contributed by atoms with van der Waals surface area (Å²) in [6.07, 6.45) is 0.496. The Labute approximate surface area is 254 Å². The molecule has 3 amide bonds. The molecule has 1 N–H and O–H groups in total. The average Bonchev–Trinajstić information content (AvgIpc) is 3.35. The van der Waals surface area contributed by atoms with Crippen LogP contribution in [0.4, 0.5) is 4.79 Å². The Morgan fingerprint density at radius 3 is 2.07 bits per heavy atom. The lowest BCUT2D eigenvalue weighted by Gasteiger charge is -2.18. The molecule has 1 fully saturated rings. The van der Waals surface area contributed by atoms with Gasteiger partial charge in [0.2, 0.25) is 5.91 Å². The highest BCUT2D eigenvalue weighted by Crippen LogP contribution is 2.27. The zero-order chi connectivity index (χ0) is 30.3. The minimum absolute atomic E-state index is 0.0832. The van der Waals surface area contributed by atoms with Gasteiger partial charge in [-0.25, -0.2) is 4.79 Å². The van der Waals surface area contributed by atoms with Crippen molar-refractivity contribution in [2.45, 2.75) is 18.2 Å². The fraction of sp³-hybridized carbons (Fsp3) is 0.176. The highest BCUT2D eigenvalue weighted by atomic mass is 32.2. The third-order valence-electron chi connectivity index (χ3n) is 7.07. The number of amides is 3. The van der Waals surface area contributed by atoms with Crippen molar-refractivity contribution in [2.24, 2.45) is 0 Å². The summed E-state index contributed by atoms with van der Waals surface area (Å²) in [5.41, 5.74) is 6.54. The number of esters is 1. The van der Waals surface area contributed by atoms with Crippen LogP contribution in [-0.2, 0) is 27.3 Å². The molecule has 1 saturated heterocycles. The largest absolute Gasteiger partial charge is 0.482 e. The monoisotopic (exact) mass is 594 g/mol. The molecule has 0 aliphatic carbocycles. The molecule has 0 aromatic heterocycles. The van der Waals surface area contributed by atoms with Gasteiger partial charge >= 0.3 is 5.97 Å². The second-order valence-corrected chi connectivity index (χ2v) is 11.3. The number of carbonyl (C=O) groups excluding carboxylic acids is 4. The van der Waals surface area contributed by atoms with Crippen molar-refractivity contribution in [3.8, 4) is 28.0 Å². The molecule has 0 bridgehead atoms. The molecular weight excluding hydrogens is 564 g/mol. The Bertz CT molecular complexity index is 1640. The van der Waals surface area contributed by atoms with E-state index in [1.54, 1.807) is 24.1 Å². The van der Waals surface area contributed by atoms with Gasteiger partial charge < -0.3 is 14.4 Å². The summed E-state index contributed by atoms with van der Waals surface area (Å²) >= 11 is 1.03. The maximum absolute atomic E-state index is 13.2. The highest BCUT2D eigenvalue weighted by molar-refractivity contribution is 8.15. The summed E-state index contributed by atoms with van der Waals surface area (Å²) in [6.45, 7) is 0.298. The van der Waals surface area contributed by atoms with Gasteiger partial charge in [0.25, 0.3) is 11.1 Å². The molecule has 5 rings (SSSR count). The number of methoxy groups -OCH3 is 1. The zero-order valence-electron chi connectivity index (χ0n) is 23.7. The predicted octanol–water partition coefficient (Wildman–Crippen LogP) is 5.74. The normalized spacial score (nSPS) is 14.2. The van der Waals surface area contributed by atoms with E-state index in [9.17, 15) is 19.2 Å². The Balaban J connectivity index is 1.18. The van der Waals surface area contributed by atoms with Crippen LogP contribution in [0.1, 0.15) is 21.5 Å². The molecule has 8 nitrogen and oxygen atoms in total. The number of benzene rings is 4. The van der Waals surface area contributed by atoms with Gasteiger partial charge in [0.1, 0.15) is 5.75 Å². The lowest BCUT2D eigenvalue weighted by atomic mass is 10.00. The van der Waals surface area contributed by atoms with E-state index in [0.717, 1.165) is 45.1 Å². The Hall–Kier alpha value is -4.89. The number of hydrogen-bond donors (Lipinski definition) is 1. The SMILES string of the molecule is COC(=O)COc1ccc(-c2ccc(C(=O)N(C)Cc3cccc(-c4ccc(CC5SC(=O)NC5=O)cc4)c3)cc2)cc1. The molecular formula is C34H30N2O6S. The fourth-order valence-corrected chi connectivity index (χ4v) is 5.60. The third-order valence-corrected chi connectivity index (χ3v) is 8.05. The molecule has 1 unspecified atom stereocenters. The highest BCUT2D eigenvalue weighted by Gasteiger charge is 2.31. The maximum atomic E-state index is 13.2. The van der Waals surface area contributed by atoms with Crippen LogP contribution < -0.4 is 10.1 Å². The molecule has 1 atom stereocenters. The van der Waals surface area contributed by atoms with Gasteiger partial charge in [-0.3, -0.25) is 19.7 Å². The molecule has 218 valence electrons. The molecule has 0 spiro atoms. The topological polar surface area (TPSA) is 102 Å². The van der Waals surface area contributed by atoms with E-state index in [1.165, 1.54) is 7.11 Å². The van der Waals surface area contributed by atoms with Crippen molar-refractivity contribution >= 4 is 34.8 Å². The maximum Gasteiger partial charge on any atom is 0.343 e. The summed E-state index contributed by atoms with van der Waals surface area (Å²) in [7, 11) is 3.10. The molecule has 0 radical (unpaired) electrons. The van der Waals surface area contributed by atoms with Crippen molar-refractivity contribution < 1.29 is 28.7 Å². The predicted molar refractivity (Wildman–Crippen MR) is 166 cm³/mol. The molecule has 1 aliphatic rings. The number of ether oxygens (including phenoxy) is 2. The number of hydrogen-bond acceptors (Lipinski definition) is 7. The molecule has 1 aliphatic heterocycles. The van der Waals surface area contributed by atoms with E-state index in [2.05, 4.69) is 16.1 Å². The quantitative estimate of drug-likeness (QED) is 0.234. The lowest BCUT2D eigenvalue weighted by molar-refractivity contribution is -0.142. The van der Waals surface area contributed by atoms with Gasteiger partial charge in [-0.1, -0.05) is 78.5 Å². The molecule has 1 heterocycles. The number of nitrogens with one attached hydrogen (secondary N) is 1. The summed E-state index contributed by atoms with van der Waals surface area (Å²) in [5, 5.41) is 1.64. The van der Waals surface area contributed by atoms with Crippen molar-refractivity contribution in [3.05, 3.63) is 114 Å². The smallest absolute Gasteiger partial charge is 0.343 e. The minimum Gasteiger partial charge on any atom is -0.482 e. The third kappa shape index (κ3) is 7.50. The Kier molecular flexibility index (Phi) is 9.22. The van der Waals surface area contributed by atoms with E-state index in [0.29, 0.717) is 24.3 Å². The number of rotatable bonds is 10. The Morgan fingerprint density at radius 1 is 0.814 bits per heavy atom. The van der Waals surface area contributed by atoms with Crippen LogP contribution in [0.5, 0.6) is 5.75 Å². The summed E-state index contributed by atoms with van der Waals surface area (Å²) in [5.74, 6) is -0.200. The first-order valence-corrected chi connectivity index (χ1v) is 14.5. The van der Waals surface area contributed by atoms with Crippen molar-refractivity contribution in [1.82, 2.24) is 10.2 Å². The van der Waals surface area contributed by atoms with Crippen LogP contribution in [0.15, 0.2) is 97.1 Å². The minimum atomic E-state index is -0.444. The molecule has 43 heavy (non-hydrogen) atoms.